The van der Waals surface area contributed by atoms with E-state index in [1.54, 1.807) is 48.7 Å². The highest BCUT2D eigenvalue weighted by molar-refractivity contribution is 7.89. The second kappa shape index (κ2) is 7.45. The molecule has 1 N–H and O–H groups in total. The van der Waals surface area contributed by atoms with Gasteiger partial charge in [0.05, 0.1) is 11.2 Å². The Bertz CT molecular complexity index is 923. The van der Waals surface area contributed by atoms with E-state index in [0.717, 1.165) is 5.56 Å². The molecule has 0 radical (unpaired) electrons. The molecular formula is C17H17N3O4S. The first kappa shape index (κ1) is 17.1. The van der Waals surface area contributed by atoms with Crippen LogP contribution in [0, 0.1) is 6.92 Å². The monoisotopic (exact) mass is 359 g/mol. The van der Waals surface area contributed by atoms with Crippen LogP contribution < -0.4 is 9.46 Å². The molecule has 2 heterocycles. The van der Waals surface area contributed by atoms with Gasteiger partial charge in [-0.25, -0.2) is 13.1 Å². The Morgan fingerprint density at radius 1 is 1.12 bits per heavy atom. The summed E-state index contributed by atoms with van der Waals surface area (Å²) < 4.78 is 37.5. The molecule has 0 bridgehead atoms. The molecule has 3 rings (SSSR count). The molecule has 2 aromatic heterocycles. The van der Waals surface area contributed by atoms with E-state index in [9.17, 15) is 8.42 Å². The maximum absolute atomic E-state index is 12.2. The fraction of sp³-hybridized carbons (Fsp3) is 0.176. The molecule has 0 saturated carbocycles. The van der Waals surface area contributed by atoms with Crippen molar-refractivity contribution in [1.29, 1.82) is 0 Å². The Kier molecular flexibility index (Phi) is 5.11. The summed E-state index contributed by atoms with van der Waals surface area (Å²) in [5.74, 6) is 0.926. The number of ether oxygens (including phenoxy) is 1. The minimum absolute atomic E-state index is 0.123. The van der Waals surface area contributed by atoms with E-state index in [-0.39, 0.29) is 18.0 Å². The summed E-state index contributed by atoms with van der Waals surface area (Å²) in [5, 5.41) is 7.93. The van der Waals surface area contributed by atoms with Gasteiger partial charge in [0.1, 0.15) is 12.3 Å². The topological polar surface area (TPSA) is 94.3 Å². The minimum atomic E-state index is -3.55. The number of benzene rings is 1. The van der Waals surface area contributed by atoms with Crippen molar-refractivity contribution in [1.82, 2.24) is 14.9 Å². The third kappa shape index (κ3) is 4.43. The van der Waals surface area contributed by atoms with Crippen molar-refractivity contribution in [3.05, 3.63) is 60.4 Å². The van der Waals surface area contributed by atoms with Gasteiger partial charge in [0.2, 0.25) is 15.9 Å². The van der Waals surface area contributed by atoms with E-state index in [1.807, 2.05) is 13.0 Å². The van der Waals surface area contributed by atoms with E-state index >= 15 is 0 Å². The predicted octanol–water partition coefficient (Wildman–Crippen LogP) is 2.40. The summed E-state index contributed by atoms with van der Waals surface area (Å²) in [6, 6.07) is 13.6. The molecule has 7 nitrogen and oxygen atoms in total. The molecule has 0 atom stereocenters. The van der Waals surface area contributed by atoms with Crippen molar-refractivity contribution >= 4 is 10.0 Å². The Morgan fingerprint density at radius 3 is 2.68 bits per heavy atom. The highest BCUT2D eigenvalue weighted by Crippen LogP contribution is 2.17. The Morgan fingerprint density at radius 2 is 2.00 bits per heavy atom. The highest BCUT2D eigenvalue weighted by Gasteiger charge is 2.13. The van der Waals surface area contributed by atoms with Gasteiger partial charge in [0, 0.05) is 12.6 Å². The lowest BCUT2D eigenvalue weighted by atomic mass is 10.2. The second-order valence-electron chi connectivity index (χ2n) is 5.30. The molecule has 0 aliphatic carbocycles. The number of sulfonamides is 1. The first-order chi connectivity index (χ1) is 12.0. The number of aromatic nitrogens is 2. The molecule has 0 saturated heterocycles. The van der Waals surface area contributed by atoms with Crippen molar-refractivity contribution < 1.29 is 17.6 Å². The summed E-state index contributed by atoms with van der Waals surface area (Å²) in [4.78, 5) is 0.232. The third-order valence-corrected chi connectivity index (χ3v) is 4.82. The van der Waals surface area contributed by atoms with E-state index in [2.05, 4.69) is 14.9 Å². The Labute approximate surface area is 145 Å². The molecule has 130 valence electrons. The Hall–Kier alpha value is -2.71. The number of aryl methyl sites for hydroxylation is 1. The maximum atomic E-state index is 12.2. The van der Waals surface area contributed by atoms with Crippen molar-refractivity contribution in [3.8, 4) is 17.3 Å². The molecular weight excluding hydrogens is 342 g/mol. The van der Waals surface area contributed by atoms with Gasteiger partial charge in [0.15, 0.2) is 5.76 Å². The van der Waals surface area contributed by atoms with Crippen LogP contribution in [0.1, 0.15) is 5.56 Å². The van der Waals surface area contributed by atoms with Crippen molar-refractivity contribution in [2.75, 3.05) is 13.2 Å². The average Bonchev–Trinajstić information content (AvgIpc) is 3.14. The lowest BCUT2D eigenvalue weighted by molar-refractivity contribution is 0.307. The first-order valence-electron chi connectivity index (χ1n) is 7.61. The largest absolute Gasteiger partial charge is 0.475 e. The number of nitrogens with zero attached hydrogens (tertiary/aromatic N) is 2. The fourth-order valence-corrected chi connectivity index (χ4v) is 3.27. The van der Waals surface area contributed by atoms with E-state index in [4.69, 9.17) is 9.15 Å². The quantitative estimate of drug-likeness (QED) is 0.651. The van der Waals surface area contributed by atoms with Crippen LogP contribution in [0.5, 0.6) is 5.88 Å². The molecule has 8 heteroatoms. The molecule has 0 unspecified atom stereocenters. The zero-order chi connectivity index (χ0) is 17.7. The predicted molar refractivity (Wildman–Crippen MR) is 91.6 cm³/mol. The van der Waals surface area contributed by atoms with Crippen LogP contribution in [-0.4, -0.2) is 31.8 Å². The maximum Gasteiger partial charge on any atom is 0.240 e. The number of nitrogens with one attached hydrogen (secondary N) is 1. The smallest absolute Gasteiger partial charge is 0.240 e. The first-order valence-corrected chi connectivity index (χ1v) is 9.10. The van der Waals surface area contributed by atoms with Gasteiger partial charge in [-0.2, -0.15) is 0 Å². The van der Waals surface area contributed by atoms with Gasteiger partial charge < -0.3 is 9.15 Å². The molecule has 0 spiro atoms. The summed E-state index contributed by atoms with van der Waals surface area (Å²) in [7, 11) is -3.55. The lowest BCUT2D eigenvalue weighted by Gasteiger charge is -2.08. The number of furan rings is 1. The van der Waals surface area contributed by atoms with Crippen LogP contribution in [0.3, 0.4) is 0 Å². The normalized spacial score (nSPS) is 11.4. The molecule has 0 fully saturated rings. The summed E-state index contributed by atoms with van der Waals surface area (Å²) in [5.41, 5.74) is 1.48. The van der Waals surface area contributed by atoms with Crippen LogP contribution in [0.2, 0.25) is 0 Å². The number of rotatable bonds is 7. The van der Waals surface area contributed by atoms with Gasteiger partial charge in [-0.1, -0.05) is 12.1 Å². The van der Waals surface area contributed by atoms with Crippen LogP contribution in [0.15, 0.2) is 64.1 Å². The molecule has 3 aromatic rings. The second-order valence-corrected chi connectivity index (χ2v) is 7.06. The van der Waals surface area contributed by atoms with E-state index in [1.165, 1.54) is 0 Å². The van der Waals surface area contributed by atoms with E-state index in [0.29, 0.717) is 17.3 Å². The van der Waals surface area contributed by atoms with Crippen molar-refractivity contribution in [3.63, 3.8) is 0 Å². The summed E-state index contributed by atoms with van der Waals surface area (Å²) >= 11 is 0. The third-order valence-electron chi connectivity index (χ3n) is 3.36. The van der Waals surface area contributed by atoms with Gasteiger partial charge in [-0.15, -0.1) is 10.2 Å². The fourth-order valence-electron chi connectivity index (χ4n) is 2.15. The lowest BCUT2D eigenvalue weighted by Crippen LogP contribution is -2.28. The summed E-state index contributed by atoms with van der Waals surface area (Å²) in [6.45, 7) is 2.10. The van der Waals surface area contributed by atoms with Crippen LogP contribution in [-0.2, 0) is 10.0 Å². The average molecular weight is 359 g/mol. The number of hydrogen-bond donors (Lipinski definition) is 1. The van der Waals surface area contributed by atoms with E-state index < -0.39 is 10.0 Å². The van der Waals surface area contributed by atoms with Crippen LogP contribution in [0.4, 0.5) is 0 Å². The van der Waals surface area contributed by atoms with Crippen molar-refractivity contribution in [2.45, 2.75) is 11.8 Å². The zero-order valence-electron chi connectivity index (χ0n) is 13.5. The van der Waals surface area contributed by atoms with Gasteiger partial charge in [-0.05, 0) is 42.8 Å². The van der Waals surface area contributed by atoms with Gasteiger partial charge in [0.25, 0.3) is 0 Å². The molecule has 0 aliphatic heterocycles. The number of hydrogen-bond acceptors (Lipinski definition) is 6. The molecule has 0 amide bonds. The van der Waals surface area contributed by atoms with Crippen LogP contribution in [0.25, 0.3) is 11.5 Å². The highest BCUT2D eigenvalue weighted by atomic mass is 32.2. The molecule has 0 aliphatic rings. The van der Waals surface area contributed by atoms with Crippen LogP contribution >= 0.6 is 0 Å². The van der Waals surface area contributed by atoms with Gasteiger partial charge in [-0.3, -0.25) is 0 Å². The standard InChI is InChI=1S/C17H17N3O4S/c1-13-4-2-5-14(12-13)25(21,22)18-9-11-24-17-8-7-15(19-20-17)16-6-3-10-23-16/h2-8,10,12,18H,9,11H2,1H3. The molecule has 25 heavy (non-hydrogen) atoms. The zero-order valence-corrected chi connectivity index (χ0v) is 14.4. The minimum Gasteiger partial charge on any atom is -0.475 e. The van der Waals surface area contributed by atoms with Gasteiger partial charge >= 0.3 is 0 Å². The molecule has 1 aromatic carbocycles. The Balaban J connectivity index is 1.51. The summed E-state index contributed by atoms with van der Waals surface area (Å²) in [6.07, 6.45) is 1.56. The SMILES string of the molecule is Cc1cccc(S(=O)(=O)NCCOc2ccc(-c3ccco3)nn2)c1. The van der Waals surface area contributed by atoms with Crippen molar-refractivity contribution in [2.24, 2.45) is 0 Å².